The lowest BCUT2D eigenvalue weighted by atomic mass is 9.96. The quantitative estimate of drug-likeness (QED) is 0.866. The zero-order valence-corrected chi connectivity index (χ0v) is 15.8. The van der Waals surface area contributed by atoms with Gasteiger partial charge < -0.3 is 14.7 Å². The normalized spacial score (nSPS) is 22.1. The summed E-state index contributed by atoms with van der Waals surface area (Å²) >= 11 is 0. The van der Waals surface area contributed by atoms with Gasteiger partial charge in [0.15, 0.2) is 0 Å². The molecule has 1 aromatic rings. The number of piperazine rings is 1. The van der Waals surface area contributed by atoms with Gasteiger partial charge in [-0.2, -0.15) is 4.39 Å². The largest absolute Gasteiger partial charge is 0.339 e. The molecule has 8 heteroatoms. The number of amides is 1. The fourth-order valence-corrected chi connectivity index (χ4v) is 3.76. The van der Waals surface area contributed by atoms with E-state index in [9.17, 15) is 14.0 Å². The average Bonchev–Trinajstić information content (AvgIpc) is 2.63. The molecule has 0 aromatic carbocycles. The summed E-state index contributed by atoms with van der Waals surface area (Å²) in [5, 5.41) is 0. The minimum atomic E-state index is -0.806. The van der Waals surface area contributed by atoms with Crippen LogP contribution in [0.1, 0.15) is 38.3 Å². The average molecular weight is 365 g/mol. The Labute approximate surface area is 153 Å². The van der Waals surface area contributed by atoms with Crippen LogP contribution in [0.2, 0.25) is 0 Å². The zero-order valence-electron chi connectivity index (χ0n) is 15.8. The second kappa shape index (κ2) is 7.73. The summed E-state index contributed by atoms with van der Waals surface area (Å²) in [4.78, 5) is 37.5. The number of carbonyl (C=O) groups excluding carboxylic acids is 1. The third-order valence-corrected chi connectivity index (χ3v) is 5.29. The standard InChI is InChI=1S/C18H28FN5O2/c1-12(2)15-14(19)16(25)21-18(20-15)24-9-7-23(8-10-24)17(26)13-5-4-6-22(3)11-13/h12-13H,4-11H2,1-3H3,(H,20,21,25). The van der Waals surface area contributed by atoms with Crippen LogP contribution in [0.3, 0.4) is 0 Å². The number of halogens is 1. The van der Waals surface area contributed by atoms with Gasteiger partial charge in [-0.25, -0.2) is 4.98 Å². The molecular formula is C18H28FN5O2. The highest BCUT2D eigenvalue weighted by atomic mass is 19.1. The molecular weight excluding hydrogens is 337 g/mol. The van der Waals surface area contributed by atoms with E-state index in [1.807, 2.05) is 23.6 Å². The topological polar surface area (TPSA) is 72.5 Å². The third kappa shape index (κ3) is 3.90. The summed E-state index contributed by atoms with van der Waals surface area (Å²) in [5.74, 6) is -0.276. The van der Waals surface area contributed by atoms with Gasteiger partial charge in [0, 0.05) is 32.7 Å². The Balaban J connectivity index is 1.65. The molecule has 1 unspecified atom stereocenters. The summed E-state index contributed by atoms with van der Waals surface area (Å²) < 4.78 is 13.9. The third-order valence-electron chi connectivity index (χ3n) is 5.29. The van der Waals surface area contributed by atoms with E-state index in [0.717, 1.165) is 25.9 Å². The first-order valence-electron chi connectivity index (χ1n) is 9.38. The first-order chi connectivity index (χ1) is 12.4. The van der Waals surface area contributed by atoms with Crippen LogP contribution in [0.4, 0.5) is 10.3 Å². The Bertz CT molecular complexity index is 712. The number of likely N-dealkylation sites (tertiary alicyclic amines) is 1. The van der Waals surface area contributed by atoms with Crippen molar-refractivity contribution in [2.75, 3.05) is 51.2 Å². The van der Waals surface area contributed by atoms with Crippen LogP contribution in [0.5, 0.6) is 0 Å². The Hall–Kier alpha value is -1.96. The molecule has 3 rings (SSSR count). The first kappa shape index (κ1) is 18.8. The summed E-state index contributed by atoms with van der Waals surface area (Å²) in [6, 6.07) is 0. The van der Waals surface area contributed by atoms with E-state index in [0.29, 0.717) is 32.1 Å². The maximum Gasteiger partial charge on any atom is 0.288 e. The number of hydrogen-bond acceptors (Lipinski definition) is 5. The van der Waals surface area contributed by atoms with Gasteiger partial charge in [0.1, 0.15) is 0 Å². The van der Waals surface area contributed by atoms with Crippen LogP contribution < -0.4 is 10.5 Å². The molecule has 2 saturated heterocycles. The Morgan fingerprint density at radius 2 is 1.92 bits per heavy atom. The highest BCUT2D eigenvalue weighted by Gasteiger charge is 2.30. The van der Waals surface area contributed by atoms with Crippen molar-refractivity contribution in [3.8, 4) is 0 Å². The molecule has 1 aromatic heterocycles. The van der Waals surface area contributed by atoms with Gasteiger partial charge in [-0.1, -0.05) is 13.8 Å². The summed E-state index contributed by atoms with van der Waals surface area (Å²) in [6.45, 7) is 7.86. The van der Waals surface area contributed by atoms with Crippen LogP contribution in [0.15, 0.2) is 4.79 Å². The number of anilines is 1. The molecule has 7 nitrogen and oxygen atoms in total. The Kier molecular flexibility index (Phi) is 5.60. The van der Waals surface area contributed by atoms with Crippen molar-refractivity contribution < 1.29 is 9.18 Å². The fourth-order valence-electron chi connectivity index (χ4n) is 3.76. The monoisotopic (exact) mass is 365 g/mol. The minimum Gasteiger partial charge on any atom is -0.339 e. The number of nitrogens with one attached hydrogen (secondary N) is 1. The highest BCUT2D eigenvalue weighted by Crippen LogP contribution is 2.20. The zero-order chi connectivity index (χ0) is 18.8. The highest BCUT2D eigenvalue weighted by molar-refractivity contribution is 5.79. The molecule has 0 bridgehead atoms. The van der Waals surface area contributed by atoms with Crippen molar-refractivity contribution in [3.63, 3.8) is 0 Å². The van der Waals surface area contributed by atoms with Crippen molar-refractivity contribution >= 4 is 11.9 Å². The summed E-state index contributed by atoms with van der Waals surface area (Å²) in [6.07, 6.45) is 2.01. The van der Waals surface area contributed by atoms with Crippen molar-refractivity contribution in [2.45, 2.75) is 32.6 Å². The smallest absolute Gasteiger partial charge is 0.288 e. The molecule has 2 aliphatic heterocycles. The van der Waals surface area contributed by atoms with Gasteiger partial charge >= 0.3 is 0 Å². The van der Waals surface area contributed by atoms with Crippen molar-refractivity contribution in [2.24, 2.45) is 5.92 Å². The summed E-state index contributed by atoms with van der Waals surface area (Å²) in [7, 11) is 2.06. The molecule has 144 valence electrons. The van der Waals surface area contributed by atoms with E-state index in [4.69, 9.17) is 0 Å². The number of aromatic nitrogens is 2. The number of hydrogen-bond donors (Lipinski definition) is 1. The van der Waals surface area contributed by atoms with E-state index < -0.39 is 11.4 Å². The second-order valence-corrected chi connectivity index (χ2v) is 7.66. The minimum absolute atomic E-state index is 0.0802. The number of H-pyrrole nitrogens is 1. The fraction of sp³-hybridized carbons (Fsp3) is 0.722. The van der Waals surface area contributed by atoms with Gasteiger partial charge in [0.05, 0.1) is 11.6 Å². The predicted octanol–water partition coefficient (Wildman–Crippen LogP) is 1.02. The van der Waals surface area contributed by atoms with E-state index >= 15 is 0 Å². The maximum atomic E-state index is 13.9. The number of aromatic amines is 1. The first-order valence-corrected chi connectivity index (χ1v) is 9.38. The molecule has 0 spiro atoms. The van der Waals surface area contributed by atoms with E-state index in [1.165, 1.54) is 0 Å². The number of rotatable bonds is 3. The predicted molar refractivity (Wildman–Crippen MR) is 97.9 cm³/mol. The van der Waals surface area contributed by atoms with Gasteiger partial charge in [0.2, 0.25) is 17.7 Å². The lowest BCUT2D eigenvalue weighted by Gasteiger charge is -2.38. The van der Waals surface area contributed by atoms with E-state index in [1.54, 1.807) is 0 Å². The molecule has 3 heterocycles. The molecule has 1 amide bonds. The molecule has 2 fully saturated rings. The van der Waals surface area contributed by atoms with Crippen LogP contribution in [-0.4, -0.2) is 72.0 Å². The SMILES string of the molecule is CC(C)c1nc(N2CCN(C(=O)C3CCCN(C)C3)CC2)[nH]c(=O)c1F. The number of nitrogens with zero attached hydrogens (tertiary/aromatic N) is 4. The van der Waals surface area contributed by atoms with Crippen molar-refractivity contribution in [3.05, 3.63) is 21.9 Å². The molecule has 1 atom stereocenters. The molecule has 0 radical (unpaired) electrons. The lowest BCUT2D eigenvalue weighted by Crippen LogP contribution is -2.52. The Morgan fingerprint density at radius 3 is 2.54 bits per heavy atom. The van der Waals surface area contributed by atoms with E-state index in [-0.39, 0.29) is 23.4 Å². The molecule has 1 N–H and O–H groups in total. The summed E-state index contributed by atoms with van der Waals surface area (Å²) in [5.41, 5.74) is -0.546. The van der Waals surface area contributed by atoms with Crippen molar-refractivity contribution in [1.29, 1.82) is 0 Å². The molecule has 2 aliphatic rings. The van der Waals surface area contributed by atoms with Crippen LogP contribution in [0, 0.1) is 11.7 Å². The van der Waals surface area contributed by atoms with Gasteiger partial charge in [-0.05, 0) is 32.4 Å². The second-order valence-electron chi connectivity index (χ2n) is 7.66. The number of piperidine rings is 1. The van der Waals surface area contributed by atoms with Gasteiger partial charge in [-0.3, -0.25) is 14.6 Å². The van der Waals surface area contributed by atoms with Crippen LogP contribution >= 0.6 is 0 Å². The van der Waals surface area contributed by atoms with Crippen LogP contribution in [-0.2, 0) is 4.79 Å². The lowest BCUT2D eigenvalue weighted by molar-refractivity contribution is -0.137. The molecule has 0 saturated carbocycles. The van der Waals surface area contributed by atoms with Gasteiger partial charge in [0.25, 0.3) is 5.56 Å². The van der Waals surface area contributed by atoms with E-state index in [2.05, 4.69) is 21.9 Å². The number of carbonyl (C=O) groups is 1. The van der Waals surface area contributed by atoms with Gasteiger partial charge in [-0.15, -0.1) is 0 Å². The van der Waals surface area contributed by atoms with Crippen molar-refractivity contribution in [1.82, 2.24) is 19.8 Å². The maximum absolute atomic E-state index is 13.9. The van der Waals surface area contributed by atoms with Crippen LogP contribution in [0.25, 0.3) is 0 Å². The Morgan fingerprint density at radius 1 is 1.23 bits per heavy atom. The molecule has 0 aliphatic carbocycles. The molecule has 26 heavy (non-hydrogen) atoms.